The Labute approximate surface area is 141 Å². The minimum Gasteiger partial charge on any atom is -0.399 e. The number of nitrogens with two attached hydrogens (primary N) is 1. The lowest BCUT2D eigenvalue weighted by atomic mass is 10.3. The molecule has 2 rings (SSSR count). The van der Waals surface area contributed by atoms with E-state index in [4.69, 9.17) is 52.1 Å². The van der Waals surface area contributed by atoms with Gasteiger partial charge >= 0.3 is 6.03 Å². The summed E-state index contributed by atoms with van der Waals surface area (Å²) in [6.07, 6.45) is 0. The number of nitrogens with one attached hydrogen (secondary N) is 2. The summed E-state index contributed by atoms with van der Waals surface area (Å²) >= 11 is 23.6. The summed E-state index contributed by atoms with van der Waals surface area (Å²) in [5.41, 5.74) is 6.74. The van der Waals surface area contributed by atoms with Crippen LogP contribution < -0.4 is 16.4 Å². The van der Waals surface area contributed by atoms with Crippen LogP contribution in [-0.4, -0.2) is 6.03 Å². The van der Waals surface area contributed by atoms with E-state index in [1.807, 2.05) is 0 Å². The maximum Gasteiger partial charge on any atom is 0.323 e. The van der Waals surface area contributed by atoms with E-state index in [1.54, 1.807) is 12.1 Å². The van der Waals surface area contributed by atoms with E-state index in [2.05, 4.69) is 10.6 Å². The second-order valence-corrected chi connectivity index (χ2v) is 5.70. The Kier molecular flexibility index (Phi) is 5.06. The van der Waals surface area contributed by atoms with E-state index in [-0.39, 0.29) is 15.7 Å². The van der Waals surface area contributed by atoms with Gasteiger partial charge in [0.15, 0.2) is 0 Å². The number of hydrogen-bond donors (Lipinski definition) is 3. The first-order valence-corrected chi connectivity index (χ1v) is 7.15. The zero-order valence-electron chi connectivity index (χ0n) is 10.4. The van der Waals surface area contributed by atoms with Crippen LogP contribution in [0.5, 0.6) is 0 Å². The van der Waals surface area contributed by atoms with Crippen molar-refractivity contribution < 1.29 is 4.79 Å². The van der Waals surface area contributed by atoms with Crippen LogP contribution in [0.15, 0.2) is 30.3 Å². The quantitative estimate of drug-likeness (QED) is 0.613. The van der Waals surface area contributed by atoms with E-state index in [0.29, 0.717) is 21.4 Å². The Hall–Kier alpha value is -1.33. The zero-order chi connectivity index (χ0) is 15.6. The van der Waals surface area contributed by atoms with Crippen molar-refractivity contribution in [2.45, 2.75) is 0 Å². The molecule has 0 aromatic heterocycles. The van der Waals surface area contributed by atoms with Gasteiger partial charge in [-0.2, -0.15) is 0 Å². The van der Waals surface area contributed by atoms with E-state index in [0.717, 1.165) is 0 Å². The molecule has 0 saturated heterocycles. The van der Waals surface area contributed by atoms with E-state index in [9.17, 15) is 4.79 Å². The van der Waals surface area contributed by atoms with Gasteiger partial charge in [-0.15, -0.1) is 0 Å². The Morgan fingerprint density at radius 2 is 1.48 bits per heavy atom. The molecule has 0 saturated carbocycles. The largest absolute Gasteiger partial charge is 0.399 e. The van der Waals surface area contributed by atoms with Gasteiger partial charge in [-0.3, -0.25) is 0 Å². The Morgan fingerprint density at radius 1 is 0.857 bits per heavy atom. The third-order valence-electron chi connectivity index (χ3n) is 2.48. The molecule has 0 aliphatic carbocycles. The standard InChI is InChI=1S/C13H9Cl4N3O/c14-8-2-1-7(5-9(8)15)19-13(21)20-12-10(16)3-6(18)4-11(12)17/h1-5H,18H2,(H2,19,20,21). The predicted octanol–water partition coefficient (Wildman–Crippen LogP) is 5.53. The summed E-state index contributed by atoms with van der Waals surface area (Å²) in [5.74, 6) is 0. The number of amides is 2. The average Bonchev–Trinajstić information content (AvgIpc) is 2.38. The highest BCUT2D eigenvalue weighted by Gasteiger charge is 2.11. The molecule has 2 aromatic rings. The Morgan fingerprint density at radius 3 is 2.05 bits per heavy atom. The average molecular weight is 365 g/mol. The second-order valence-electron chi connectivity index (χ2n) is 4.07. The lowest BCUT2D eigenvalue weighted by Gasteiger charge is -2.11. The molecule has 0 fully saturated rings. The number of carbonyl (C=O) groups excluding carboxylic acids is 1. The molecule has 21 heavy (non-hydrogen) atoms. The number of urea groups is 1. The summed E-state index contributed by atoms with van der Waals surface area (Å²) in [4.78, 5) is 11.9. The lowest BCUT2D eigenvalue weighted by Crippen LogP contribution is -2.20. The molecule has 2 amide bonds. The smallest absolute Gasteiger partial charge is 0.323 e. The van der Waals surface area contributed by atoms with Crippen molar-refractivity contribution in [1.82, 2.24) is 0 Å². The molecular formula is C13H9Cl4N3O. The van der Waals surface area contributed by atoms with Crippen LogP contribution in [0.3, 0.4) is 0 Å². The molecule has 2 aromatic carbocycles. The summed E-state index contributed by atoms with van der Waals surface area (Å²) in [7, 11) is 0. The first-order chi connectivity index (χ1) is 9.86. The molecular weight excluding hydrogens is 356 g/mol. The van der Waals surface area contributed by atoms with Gasteiger partial charge < -0.3 is 16.4 Å². The van der Waals surface area contributed by atoms with Gasteiger partial charge in [0.2, 0.25) is 0 Å². The van der Waals surface area contributed by atoms with Crippen molar-refractivity contribution in [3.8, 4) is 0 Å². The molecule has 0 aliphatic rings. The summed E-state index contributed by atoms with van der Waals surface area (Å²) < 4.78 is 0. The van der Waals surface area contributed by atoms with Crippen molar-refractivity contribution in [3.63, 3.8) is 0 Å². The van der Waals surface area contributed by atoms with E-state index in [1.165, 1.54) is 18.2 Å². The van der Waals surface area contributed by atoms with Crippen molar-refractivity contribution in [1.29, 1.82) is 0 Å². The fourth-order valence-electron chi connectivity index (χ4n) is 1.56. The third kappa shape index (κ3) is 4.08. The molecule has 0 aliphatic heterocycles. The van der Waals surface area contributed by atoms with Crippen molar-refractivity contribution >= 4 is 69.5 Å². The molecule has 0 unspecified atom stereocenters. The highest BCUT2D eigenvalue weighted by molar-refractivity contribution is 6.42. The molecule has 0 spiro atoms. The van der Waals surface area contributed by atoms with Gasteiger partial charge in [0, 0.05) is 11.4 Å². The normalized spacial score (nSPS) is 10.3. The topological polar surface area (TPSA) is 67.1 Å². The SMILES string of the molecule is Nc1cc(Cl)c(NC(=O)Nc2ccc(Cl)c(Cl)c2)c(Cl)c1. The van der Waals surface area contributed by atoms with Crippen molar-refractivity contribution in [2.24, 2.45) is 0 Å². The molecule has 0 atom stereocenters. The van der Waals surface area contributed by atoms with E-state index >= 15 is 0 Å². The first kappa shape index (κ1) is 16.0. The third-order valence-corrected chi connectivity index (χ3v) is 3.82. The molecule has 4 nitrogen and oxygen atoms in total. The monoisotopic (exact) mass is 363 g/mol. The van der Waals surface area contributed by atoms with Crippen LogP contribution in [0.1, 0.15) is 0 Å². The highest BCUT2D eigenvalue weighted by Crippen LogP contribution is 2.33. The zero-order valence-corrected chi connectivity index (χ0v) is 13.4. The van der Waals surface area contributed by atoms with Crippen molar-refractivity contribution in [3.05, 3.63) is 50.4 Å². The maximum absolute atomic E-state index is 11.9. The predicted molar refractivity (Wildman–Crippen MR) is 90.0 cm³/mol. The molecule has 110 valence electrons. The molecule has 0 radical (unpaired) electrons. The lowest BCUT2D eigenvalue weighted by molar-refractivity contribution is 0.262. The van der Waals surface area contributed by atoms with Crippen molar-refractivity contribution in [2.75, 3.05) is 16.4 Å². The number of anilines is 3. The fourth-order valence-corrected chi connectivity index (χ4v) is 2.46. The number of halogens is 4. The van der Waals surface area contributed by atoms with Gasteiger partial charge in [0.05, 0.1) is 25.8 Å². The van der Waals surface area contributed by atoms with Crippen LogP contribution in [-0.2, 0) is 0 Å². The van der Waals surface area contributed by atoms with Gasteiger partial charge in [0.25, 0.3) is 0 Å². The molecule has 4 N–H and O–H groups in total. The second kappa shape index (κ2) is 6.62. The van der Waals surface area contributed by atoms with Gasteiger partial charge in [0.1, 0.15) is 0 Å². The van der Waals surface area contributed by atoms with Crippen LogP contribution >= 0.6 is 46.4 Å². The van der Waals surface area contributed by atoms with Crippen LogP contribution in [0, 0.1) is 0 Å². The minimum atomic E-state index is -0.526. The summed E-state index contributed by atoms with van der Waals surface area (Å²) in [6, 6.07) is 7.16. The van der Waals surface area contributed by atoms with Gasteiger partial charge in [-0.05, 0) is 30.3 Å². The number of hydrogen-bond acceptors (Lipinski definition) is 2. The summed E-state index contributed by atoms with van der Waals surface area (Å²) in [6.45, 7) is 0. The Balaban J connectivity index is 2.13. The highest BCUT2D eigenvalue weighted by atomic mass is 35.5. The first-order valence-electron chi connectivity index (χ1n) is 5.64. The van der Waals surface area contributed by atoms with Crippen LogP contribution in [0.4, 0.5) is 21.9 Å². The van der Waals surface area contributed by atoms with Crippen LogP contribution in [0.2, 0.25) is 20.1 Å². The van der Waals surface area contributed by atoms with E-state index < -0.39 is 6.03 Å². The fraction of sp³-hybridized carbons (Fsp3) is 0. The van der Waals surface area contributed by atoms with Gasteiger partial charge in [-0.25, -0.2) is 4.79 Å². The number of benzene rings is 2. The maximum atomic E-state index is 11.9. The molecule has 8 heteroatoms. The molecule has 0 heterocycles. The number of nitrogen functional groups attached to an aromatic ring is 1. The Bertz CT molecular complexity index is 683. The number of carbonyl (C=O) groups is 1. The number of rotatable bonds is 2. The van der Waals surface area contributed by atoms with Crippen LogP contribution in [0.25, 0.3) is 0 Å². The molecule has 0 bridgehead atoms. The minimum absolute atomic E-state index is 0.240. The summed E-state index contributed by atoms with van der Waals surface area (Å²) in [5, 5.41) is 6.34. The van der Waals surface area contributed by atoms with Gasteiger partial charge in [-0.1, -0.05) is 46.4 Å².